The number of benzene rings is 2. The van der Waals surface area contributed by atoms with Gasteiger partial charge in [-0.15, -0.1) is 0 Å². The zero-order chi connectivity index (χ0) is 22.8. The molecule has 1 aromatic heterocycles. The number of nitriles is 1. The summed E-state index contributed by atoms with van der Waals surface area (Å²) in [4.78, 5) is 6.39. The summed E-state index contributed by atoms with van der Waals surface area (Å²) in [5, 5.41) is 11.7. The zero-order valence-electron chi connectivity index (χ0n) is 18.6. The van der Waals surface area contributed by atoms with Crippen molar-refractivity contribution in [2.24, 2.45) is 5.92 Å². The zero-order valence-corrected chi connectivity index (χ0v) is 19.4. The first-order valence-corrected chi connectivity index (χ1v) is 13.3. The molecule has 7 nitrogen and oxygen atoms in total. The summed E-state index contributed by atoms with van der Waals surface area (Å²) in [5.74, 6) is 1.77. The van der Waals surface area contributed by atoms with Crippen molar-refractivity contribution in [3.63, 3.8) is 0 Å². The molecule has 1 aliphatic heterocycles. The Morgan fingerprint density at radius 3 is 2.55 bits per heavy atom. The number of piperazine rings is 1. The van der Waals surface area contributed by atoms with E-state index in [0.717, 1.165) is 35.1 Å². The Kier molecular flexibility index (Phi) is 6.09. The molecule has 8 heteroatoms. The van der Waals surface area contributed by atoms with Crippen LogP contribution in [0.25, 0.3) is 22.2 Å². The molecular weight excluding hydrogens is 436 g/mol. The quantitative estimate of drug-likeness (QED) is 0.515. The van der Waals surface area contributed by atoms with Gasteiger partial charge in [-0.05, 0) is 35.6 Å². The molecule has 0 N–H and O–H groups in total. The fourth-order valence-electron chi connectivity index (χ4n) is 4.76. The highest BCUT2D eigenvalue weighted by Gasteiger charge is 2.30. The highest BCUT2D eigenvalue weighted by Crippen LogP contribution is 2.33. The Balaban J connectivity index is 1.29. The second-order valence-electron chi connectivity index (χ2n) is 8.95. The molecular formula is C25H28N4O3S. The highest BCUT2D eigenvalue weighted by atomic mass is 32.2. The first kappa shape index (κ1) is 21.9. The second-order valence-corrected chi connectivity index (χ2v) is 11.0. The normalized spacial score (nSPS) is 17.7. The van der Waals surface area contributed by atoms with Crippen LogP contribution in [-0.2, 0) is 10.0 Å². The smallest absolute Gasteiger partial charge is 0.235 e. The third kappa shape index (κ3) is 4.48. The van der Waals surface area contributed by atoms with E-state index in [0.29, 0.717) is 38.0 Å². The molecule has 2 heterocycles. The highest BCUT2D eigenvalue weighted by molar-refractivity contribution is 7.89. The summed E-state index contributed by atoms with van der Waals surface area (Å²) in [6, 6.07) is 16.0. The van der Waals surface area contributed by atoms with Crippen LogP contribution in [0.4, 0.5) is 5.88 Å². The Morgan fingerprint density at radius 1 is 1.06 bits per heavy atom. The van der Waals surface area contributed by atoms with Crippen molar-refractivity contribution in [1.29, 1.82) is 5.26 Å². The minimum atomic E-state index is -3.25. The molecule has 0 atom stereocenters. The summed E-state index contributed by atoms with van der Waals surface area (Å²) < 4.78 is 33.2. The number of hydrogen-bond acceptors (Lipinski definition) is 6. The third-order valence-electron chi connectivity index (χ3n) is 6.89. The van der Waals surface area contributed by atoms with Gasteiger partial charge in [0.05, 0.1) is 5.75 Å². The molecule has 3 aromatic rings. The van der Waals surface area contributed by atoms with E-state index >= 15 is 0 Å². The summed E-state index contributed by atoms with van der Waals surface area (Å²) in [5.41, 5.74) is 1.07. The molecule has 2 aromatic carbocycles. The van der Waals surface area contributed by atoms with Crippen molar-refractivity contribution < 1.29 is 12.8 Å². The second kappa shape index (κ2) is 9.16. The predicted octanol–water partition coefficient (Wildman–Crippen LogP) is 4.40. The van der Waals surface area contributed by atoms with Crippen molar-refractivity contribution in [2.75, 3.05) is 36.8 Å². The molecule has 0 radical (unpaired) electrons. The van der Waals surface area contributed by atoms with Gasteiger partial charge in [-0.2, -0.15) is 14.6 Å². The molecule has 172 valence electrons. The van der Waals surface area contributed by atoms with E-state index in [1.54, 1.807) is 4.31 Å². The average molecular weight is 465 g/mol. The monoisotopic (exact) mass is 464 g/mol. The molecule has 5 rings (SSSR count). The Morgan fingerprint density at radius 2 is 1.82 bits per heavy atom. The number of fused-ring (bicyclic) bond motifs is 1. The Labute approximate surface area is 194 Å². The van der Waals surface area contributed by atoms with E-state index < -0.39 is 10.0 Å². The third-order valence-corrected chi connectivity index (χ3v) is 8.85. The predicted molar refractivity (Wildman–Crippen MR) is 128 cm³/mol. The van der Waals surface area contributed by atoms with Crippen LogP contribution in [0.1, 0.15) is 37.8 Å². The first-order valence-electron chi connectivity index (χ1n) is 11.7. The topological polar surface area (TPSA) is 90.4 Å². The molecule has 1 saturated heterocycles. The Hall–Kier alpha value is -2.89. The molecule has 1 aliphatic carbocycles. The van der Waals surface area contributed by atoms with Crippen LogP contribution in [-0.4, -0.2) is 49.6 Å². The van der Waals surface area contributed by atoms with Gasteiger partial charge in [0.1, 0.15) is 6.07 Å². The number of oxazole rings is 1. The molecule has 0 bridgehead atoms. The van der Waals surface area contributed by atoms with Crippen LogP contribution in [0.5, 0.6) is 0 Å². The first-order chi connectivity index (χ1) is 16.0. The summed E-state index contributed by atoms with van der Waals surface area (Å²) in [6.07, 6.45) is 5.53. The number of sulfonamides is 1. The lowest BCUT2D eigenvalue weighted by molar-refractivity contribution is 0.293. The number of anilines is 1. The standard InChI is InChI=1S/C25H28N4O3S/c26-18-23-25(32-24(27-23)22-12-4-10-20-9-1-2-11-21(20)22)28-13-15-29(16-14-28)33(30,31)17-5-8-19-6-3-7-19/h1-2,4,9-12,19H,3,5-8,13-17H2. The molecule has 0 unspecified atom stereocenters. The van der Waals surface area contributed by atoms with E-state index in [1.807, 2.05) is 47.4 Å². The molecule has 0 spiro atoms. The van der Waals surface area contributed by atoms with Crippen LogP contribution in [0.2, 0.25) is 0 Å². The van der Waals surface area contributed by atoms with Gasteiger partial charge in [-0.25, -0.2) is 8.42 Å². The lowest BCUT2D eigenvalue weighted by Crippen LogP contribution is -2.49. The van der Waals surface area contributed by atoms with E-state index in [9.17, 15) is 13.7 Å². The molecule has 0 amide bonds. The van der Waals surface area contributed by atoms with Crippen LogP contribution in [0.15, 0.2) is 46.9 Å². The van der Waals surface area contributed by atoms with Gasteiger partial charge in [0.15, 0.2) is 0 Å². The minimum Gasteiger partial charge on any atom is -0.419 e. The largest absolute Gasteiger partial charge is 0.419 e. The average Bonchev–Trinajstić information content (AvgIpc) is 3.25. The van der Waals surface area contributed by atoms with Crippen molar-refractivity contribution in [3.8, 4) is 17.5 Å². The Bertz CT molecular complexity index is 1280. The molecule has 2 aliphatic rings. The maximum atomic E-state index is 12.8. The van der Waals surface area contributed by atoms with Crippen molar-refractivity contribution >= 4 is 26.7 Å². The van der Waals surface area contributed by atoms with Gasteiger partial charge >= 0.3 is 0 Å². The van der Waals surface area contributed by atoms with Crippen molar-refractivity contribution in [2.45, 2.75) is 32.1 Å². The fraction of sp³-hybridized carbons (Fsp3) is 0.440. The lowest BCUT2D eigenvalue weighted by atomic mass is 9.82. The van der Waals surface area contributed by atoms with Gasteiger partial charge in [0, 0.05) is 31.7 Å². The number of nitrogens with zero attached hydrogens (tertiary/aromatic N) is 4. The van der Waals surface area contributed by atoms with Crippen molar-refractivity contribution in [3.05, 3.63) is 48.2 Å². The molecule has 33 heavy (non-hydrogen) atoms. The van der Waals surface area contributed by atoms with E-state index in [1.165, 1.54) is 19.3 Å². The number of rotatable bonds is 7. The fourth-order valence-corrected chi connectivity index (χ4v) is 6.27. The van der Waals surface area contributed by atoms with Gasteiger partial charge in [0.2, 0.25) is 27.5 Å². The van der Waals surface area contributed by atoms with Gasteiger partial charge in [0.25, 0.3) is 0 Å². The summed E-state index contributed by atoms with van der Waals surface area (Å²) in [7, 11) is -3.25. The SMILES string of the molecule is N#Cc1nc(-c2cccc3ccccc23)oc1N1CCN(S(=O)(=O)CCCC2CCC2)CC1. The molecule has 2 fully saturated rings. The van der Waals surface area contributed by atoms with E-state index in [2.05, 4.69) is 11.1 Å². The van der Waals surface area contributed by atoms with E-state index in [-0.39, 0.29) is 11.4 Å². The van der Waals surface area contributed by atoms with E-state index in [4.69, 9.17) is 4.42 Å². The minimum absolute atomic E-state index is 0.223. The van der Waals surface area contributed by atoms with Gasteiger partial charge in [-0.1, -0.05) is 55.7 Å². The molecule has 1 saturated carbocycles. The number of aromatic nitrogens is 1. The van der Waals surface area contributed by atoms with Gasteiger partial charge < -0.3 is 9.32 Å². The van der Waals surface area contributed by atoms with Gasteiger partial charge in [-0.3, -0.25) is 0 Å². The summed E-state index contributed by atoms with van der Waals surface area (Å²) >= 11 is 0. The maximum absolute atomic E-state index is 12.8. The summed E-state index contributed by atoms with van der Waals surface area (Å²) in [6.45, 7) is 1.73. The maximum Gasteiger partial charge on any atom is 0.235 e. The van der Waals surface area contributed by atoms with Crippen LogP contribution < -0.4 is 4.90 Å². The number of hydrogen-bond donors (Lipinski definition) is 0. The van der Waals surface area contributed by atoms with Crippen LogP contribution in [0.3, 0.4) is 0 Å². The van der Waals surface area contributed by atoms with Crippen LogP contribution in [0, 0.1) is 17.2 Å². The lowest BCUT2D eigenvalue weighted by Gasteiger charge is -2.34. The van der Waals surface area contributed by atoms with Crippen molar-refractivity contribution in [1.82, 2.24) is 9.29 Å². The van der Waals surface area contributed by atoms with Crippen LogP contribution >= 0.6 is 0 Å².